The van der Waals surface area contributed by atoms with E-state index in [1.165, 1.54) is 0 Å². The summed E-state index contributed by atoms with van der Waals surface area (Å²) in [5, 5.41) is 9.04. The molecule has 0 bridgehead atoms. The Labute approximate surface area is 152 Å². The van der Waals surface area contributed by atoms with Crippen molar-refractivity contribution in [1.82, 2.24) is 5.32 Å². The highest BCUT2D eigenvalue weighted by Gasteiger charge is 2.21. The fraction of sp³-hybridized carbons (Fsp3) is 0.353. The van der Waals surface area contributed by atoms with Gasteiger partial charge < -0.3 is 27.4 Å². The molecule has 1 aromatic rings. The van der Waals surface area contributed by atoms with Crippen LogP contribution in [0.1, 0.15) is 36.5 Å². The van der Waals surface area contributed by atoms with E-state index in [-0.39, 0.29) is 11.9 Å². The number of primary amides is 1. The average molecular weight is 361 g/mol. The van der Waals surface area contributed by atoms with Gasteiger partial charge in [0.25, 0.3) is 5.91 Å². The van der Waals surface area contributed by atoms with Gasteiger partial charge in [-0.1, -0.05) is 12.2 Å². The van der Waals surface area contributed by atoms with E-state index in [1.807, 2.05) is 0 Å². The average Bonchev–Trinajstić information content (AvgIpc) is 2.71. The summed E-state index contributed by atoms with van der Waals surface area (Å²) in [7, 11) is 0. The Morgan fingerprint density at radius 3 is 2.80 bits per heavy atom. The zero-order chi connectivity index (χ0) is 18.4. The van der Waals surface area contributed by atoms with Crippen LogP contribution in [0.2, 0.25) is 0 Å². The van der Waals surface area contributed by atoms with Crippen molar-refractivity contribution in [3.8, 4) is 0 Å². The fourth-order valence-corrected chi connectivity index (χ4v) is 2.90. The second-order valence-corrected chi connectivity index (χ2v) is 6.43. The zero-order valence-corrected chi connectivity index (χ0v) is 14.9. The van der Waals surface area contributed by atoms with Crippen LogP contribution in [0, 0.1) is 0 Å². The summed E-state index contributed by atoms with van der Waals surface area (Å²) in [5.41, 5.74) is 13.1. The number of nitrogens with one attached hydrogen (secondary N) is 3. The third-order valence-electron chi connectivity index (χ3n) is 3.78. The second kappa shape index (κ2) is 8.48. The summed E-state index contributed by atoms with van der Waals surface area (Å²) >= 11 is 5.20. The third-order valence-corrected chi connectivity index (χ3v) is 4.00. The van der Waals surface area contributed by atoms with Gasteiger partial charge in [-0.3, -0.25) is 9.59 Å². The van der Waals surface area contributed by atoms with Crippen LogP contribution in [-0.4, -0.2) is 29.4 Å². The van der Waals surface area contributed by atoms with Crippen molar-refractivity contribution in [2.45, 2.75) is 32.2 Å². The van der Waals surface area contributed by atoms with Crippen molar-refractivity contribution in [1.29, 1.82) is 0 Å². The summed E-state index contributed by atoms with van der Waals surface area (Å²) in [6, 6.07) is 4.72. The molecule has 1 unspecified atom stereocenters. The number of amides is 2. The summed E-state index contributed by atoms with van der Waals surface area (Å²) in [6.07, 6.45) is 4.26. The van der Waals surface area contributed by atoms with E-state index in [0.717, 1.165) is 19.3 Å². The third kappa shape index (κ3) is 5.46. The van der Waals surface area contributed by atoms with Gasteiger partial charge in [0.05, 0.1) is 11.3 Å². The van der Waals surface area contributed by atoms with E-state index in [4.69, 9.17) is 23.7 Å². The van der Waals surface area contributed by atoms with Gasteiger partial charge in [-0.05, 0) is 50.5 Å². The highest BCUT2D eigenvalue weighted by molar-refractivity contribution is 7.81. The number of allylic oxidation sites excluding steroid dienone is 1. The van der Waals surface area contributed by atoms with E-state index in [9.17, 15) is 9.59 Å². The number of hydrogen-bond acceptors (Lipinski definition) is 5. The van der Waals surface area contributed by atoms with Crippen LogP contribution in [0.15, 0.2) is 30.0 Å². The Morgan fingerprint density at radius 1 is 1.36 bits per heavy atom. The molecule has 1 saturated heterocycles. The van der Waals surface area contributed by atoms with Crippen molar-refractivity contribution in [2.75, 3.05) is 17.2 Å². The van der Waals surface area contributed by atoms with Crippen LogP contribution in [0.5, 0.6) is 0 Å². The maximum atomic E-state index is 12.1. The van der Waals surface area contributed by atoms with E-state index >= 15 is 0 Å². The van der Waals surface area contributed by atoms with Gasteiger partial charge in [0.15, 0.2) is 0 Å². The van der Waals surface area contributed by atoms with Crippen LogP contribution >= 0.6 is 12.2 Å². The first kappa shape index (κ1) is 18.7. The number of thiocarbonyl (C=S) groups is 1. The molecule has 0 aliphatic carbocycles. The molecule has 8 heteroatoms. The van der Waals surface area contributed by atoms with Crippen LogP contribution < -0.4 is 27.4 Å². The lowest BCUT2D eigenvalue weighted by Gasteiger charge is -2.18. The van der Waals surface area contributed by atoms with E-state index in [2.05, 4.69) is 16.0 Å². The molecule has 0 saturated carbocycles. The van der Waals surface area contributed by atoms with Crippen LogP contribution in [0.4, 0.5) is 11.4 Å². The molecular formula is C17H23N5O2S. The van der Waals surface area contributed by atoms with Gasteiger partial charge in [0, 0.05) is 17.9 Å². The first-order valence-electron chi connectivity index (χ1n) is 8.09. The van der Waals surface area contributed by atoms with Crippen molar-refractivity contribution >= 4 is 40.4 Å². The number of anilines is 2. The summed E-state index contributed by atoms with van der Waals surface area (Å²) in [6.45, 7) is 2.41. The lowest BCUT2D eigenvalue weighted by atomic mass is 10.1. The van der Waals surface area contributed by atoms with Crippen LogP contribution in [-0.2, 0) is 4.79 Å². The Kier molecular flexibility index (Phi) is 6.35. The first-order valence-corrected chi connectivity index (χ1v) is 8.50. The van der Waals surface area contributed by atoms with Gasteiger partial charge in [-0.2, -0.15) is 0 Å². The topological polar surface area (TPSA) is 122 Å². The summed E-state index contributed by atoms with van der Waals surface area (Å²) in [4.78, 5) is 24.1. The molecule has 25 heavy (non-hydrogen) atoms. The van der Waals surface area contributed by atoms with Crippen LogP contribution in [0.3, 0.4) is 0 Å². The van der Waals surface area contributed by atoms with Gasteiger partial charge >= 0.3 is 0 Å². The second-order valence-electron chi connectivity index (χ2n) is 5.99. The molecule has 1 heterocycles. The minimum atomic E-state index is -0.572. The smallest absolute Gasteiger partial charge is 0.250 e. The molecule has 7 nitrogen and oxygen atoms in total. The van der Waals surface area contributed by atoms with Crippen LogP contribution in [0.25, 0.3) is 0 Å². The highest BCUT2D eigenvalue weighted by atomic mass is 32.1. The SMILES string of the molecule is CC(N)=CC(=S)Nc1cc(NC2CCCCNC2=O)ccc1C(N)=O. The molecule has 7 N–H and O–H groups in total. The molecule has 0 radical (unpaired) electrons. The van der Waals surface area contributed by atoms with Gasteiger partial charge in [-0.15, -0.1) is 0 Å². The zero-order valence-electron chi connectivity index (χ0n) is 14.1. The van der Waals surface area contributed by atoms with Crippen molar-refractivity contribution in [3.05, 3.63) is 35.5 Å². The number of benzene rings is 1. The first-order chi connectivity index (χ1) is 11.9. The van der Waals surface area contributed by atoms with E-state index in [1.54, 1.807) is 31.2 Å². The number of nitrogens with two attached hydrogens (primary N) is 2. The molecular weight excluding hydrogens is 338 g/mol. The van der Waals surface area contributed by atoms with Gasteiger partial charge in [-0.25, -0.2) is 0 Å². The maximum absolute atomic E-state index is 12.1. The Hall–Kier alpha value is -2.61. The van der Waals surface area contributed by atoms with Crippen molar-refractivity contribution in [2.24, 2.45) is 11.5 Å². The number of rotatable bonds is 5. The Balaban J connectivity index is 2.23. The van der Waals surface area contributed by atoms with E-state index in [0.29, 0.717) is 34.2 Å². The molecule has 1 aliphatic heterocycles. The van der Waals surface area contributed by atoms with Crippen molar-refractivity contribution < 1.29 is 9.59 Å². The number of carbonyl (C=O) groups is 2. The predicted octanol–water partition coefficient (Wildman–Crippen LogP) is 1.47. The van der Waals surface area contributed by atoms with Crippen molar-refractivity contribution in [3.63, 3.8) is 0 Å². The minimum Gasteiger partial charge on any atom is -0.402 e. The Morgan fingerprint density at radius 2 is 2.12 bits per heavy atom. The molecule has 1 aliphatic rings. The van der Waals surface area contributed by atoms with E-state index < -0.39 is 5.91 Å². The molecule has 134 valence electrons. The molecule has 1 aromatic carbocycles. The molecule has 0 spiro atoms. The fourth-order valence-electron chi connectivity index (χ4n) is 2.61. The Bertz CT molecular complexity index is 713. The van der Waals surface area contributed by atoms with Gasteiger partial charge in [0.2, 0.25) is 5.91 Å². The number of hydrogen-bond donors (Lipinski definition) is 5. The summed E-state index contributed by atoms with van der Waals surface area (Å²) < 4.78 is 0. The minimum absolute atomic E-state index is 0.0248. The monoisotopic (exact) mass is 361 g/mol. The maximum Gasteiger partial charge on any atom is 0.250 e. The lowest BCUT2D eigenvalue weighted by Crippen LogP contribution is -2.37. The number of carbonyl (C=O) groups excluding carboxylic acids is 2. The van der Waals surface area contributed by atoms with Gasteiger partial charge in [0.1, 0.15) is 11.0 Å². The molecule has 0 aromatic heterocycles. The standard InChI is InChI=1S/C17H23N5O2S/c1-10(18)8-15(25)22-14-9-11(5-6-12(14)16(19)23)21-13-4-2-3-7-20-17(13)24/h5-6,8-9,13,21H,2-4,7,18H2,1H3,(H2,19,23)(H,20,24)(H,22,25). The normalized spacial score (nSPS) is 18.0. The molecule has 2 amide bonds. The summed E-state index contributed by atoms with van der Waals surface area (Å²) in [5.74, 6) is -0.597. The predicted molar refractivity (Wildman–Crippen MR) is 103 cm³/mol. The molecule has 1 atom stereocenters. The molecule has 1 fully saturated rings. The lowest BCUT2D eigenvalue weighted by molar-refractivity contribution is -0.121. The quantitative estimate of drug-likeness (QED) is 0.400. The highest BCUT2D eigenvalue weighted by Crippen LogP contribution is 2.23. The largest absolute Gasteiger partial charge is 0.402 e. The molecule has 2 rings (SSSR count).